The Morgan fingerprint density at radius 3 is 2.72 bits per heavy atom. The van der Waals surface area contributed by atoms with Gasteiger partial charge in [0.25, 0.3) is 5.91 Å². The van der Waals surface area contributed by atoms with Crippen LogP contribution in [0.15, 0.2) is 41.3 Å². The number of pyridine rings is 1. The number of carbonyl (C=O) groups excluding carboxylic acids is 1. The van der Waals surface area contributed by atoms with Gasteiger partial charge in [0.2, 0.25) is 0 Å². The molecule has 0 aliphatic rings. The van der Waals surface area contributed by atoms with Crippen LogP contribution in [-0.4, -0.2) is 30.4 Å². The van der Waals surface area contributed by atoms with E-state index >= 15 is 0 Å². The molecule has 0 radical (unpaired) electrons. The molecule has 0 aliphatic carbocycles. The zero-order chi connectivity index (χ0) is 18.0. The summed E-state index contributed by atoms with van der Waals surface area (Å²) in [5.41, 5.74) is 1.87. The summed E-state index contributed by atoms with van der Waals surface area (Å²) < 4.78 is 7.05. The van der Waals surface area contributed by atoms with E-state index in [1.54, 1.807) is 36.8 Å². The molecule has 0 saturated carbocycles. The summed E-state index contributed by atoms with van der Waals surface area (Å²) in [5, 5.41) is 3.85. The number of nitrogens with zero attached hydrogens (tertiary/aromatic N) is 5. The maximum Gasteiger partial charge on any atom is 0.260 e. The van der Waals surface area contributed by atoms with Gasteiger partial charge >= 0.3 is 0 Å². The molecule has 3 aromatic rings. The molecule has 3 heterocycles. The Bertz CT molecular complexity index is 890. The van der Waals surface area contributed by atoms with Gasteiger partial charge in [-0.1, -0.05) is 28.4 Å². The third-order valence-electron chi connectivity index (χ3n) is 3.61. The standard InChI is InChI=1S/C16H15Cl2N5O2/c1-10-7-13(25-21-10)12-8-11(3-4-19-12)23(16(24)15(17)18)9-14-20-5-6-22(14)2/h3-8,15H,9H2,1-2H3. The lowest BCUT2D eigenvalue weighted by Gasteiger charge is -2.23. The summed E-state index contributed by atoms with van der Waals surface area (Å²) in [5.74, 6) is 0.755. The normalized spacial score (nSPS) is 11.1. The van der Waals surface area contributed by atoms with Crippen molar-refractivity contribution in [3.8, 4) is 11.5 Å². The van der Waals surface area contributed by atoms with Gasteiger partial charge in [0.05, 0.1) is 12.2 Å². The summed E-state index contributed by atoms with van der Waals surface area (Å²) in [4.78, 5) is 21.3. The number of anilines is 1. The van der Waals surface area contributed by atoms with Crippen LogP contribution in [0, 0.1) is 6.92 Å². The maximum atomic E-state index is 12.5. The van der Waals surface area contributed by atoms with Gasteiger partial charge < -0.3 is 14.0 Å². The van der Waals surface area contributed by atoms with E-state index in [4.69, 9.17) is 27.7 Å². The highest BCUT2D eigenvalue weighted by molar-refractivity contribution is 6.54. The average molecular weight is 380 g/mol. The Hall–Kier alpha value is -2.38. The summed E-state index contributed by atoms with van der Waals surface area (Å²) >= 11 is 11.6. The van der Waals surface area contributed by atoms with Crippen LogP contribution in [0.25, 0.3) is 11.5 Å². The second-order valence-corrected chi connectivity index (χ2v) is 6.51. The number of alkyl halides is 2. The molecule has 25 heavy (non-hydrogen) atoms. The van der Waals surface area contributed by atoms with Gasteiger partial charge in [0.15, 0.2) is 10.6 Å². The van der Waals surface area contributed by atoms with E-state index in [1.807, 2.05) is 18.5 Å². The van der Waals surface area contributed by atoms with Crippen molar-refractivity contribution in [2.75, 3.05) is 4.90 Å². The number of rotatable bonds is 5. The molecule has 3 aromatic heterocycles. The van der Waals surface area contributed by atoms with Crippen LogP contribution in [0.5, 0.6) is 0 Å². The fourth-order valence-electron chi connectivity index (χ4n) is 2.31. The highest BCUT2D eigenvalue weighted by Gasteiger charge is 2.24. The minimum Gasteiger partial charge on any atom is -0.354 e. The quantitative estimate of drug-likeness (QED) is 0.636. The van der Waals surface area contributed by atoms with Gasteiger partial charge in [-0.05, 0) is 19.1 Å². The molecule has 0 atom stereocenters. The van der Waals surface area contributed by atoms with E-state index in [0.29, 0.717) is 23.0 Å². The van der Waals surface area contributed by atoms with Crippen molar-refractivity contribution in [2.45, 2.75) is 18.3 Å². The zero-order valence-electron chi connectivity index (χ0n) is 13.6. The second-order valence-electron chi connectivity index (χ2n) is 5.41. The Labute approximate surface area is 154 Å². The third kappa shape index (κ3) is 3.83. The van der Waals surface area contributed by atoms with E-state index < -0.39 is 10.7 Å². The second kappa shape index (κ2) is 7.25. The number of hydrogen-bond donors (Lipinski definition) is 0. The molecule has 0 N–H and O–H groups in total. The molecule has 0 fully saturated rings. The van der Waals surface area contributed by atoms with Crippen molar-refractivity contribution in [1.82, 2.24) is 19.7 Å². The minimum absolute atomic E-state index is 0.219. The molecule has 0 unspecified atom stereocenters. The number of halogens is 2. The molecule has 7 nitrogen and oxygen atoms in total. The fourth-order valence-corrected chi connectivity index (χ4v) is 2.55. The summed E-state index contributed by atoms with van der Waals surface area (Å²) in [7, 11) is 1.85. The molecule has 1 amide bonds. The predicted octanol–water partition coefficient (Wildman–Crippen LogP) is 3.12. The first-order valence-corrected chi connectivity index (χ1v) is 8.28. The van der Waals surface area contributed by atoms with Crippen molar-refractivity contribution in [3.63, 3.8) is 0 Å². The molecular weight excluding hydrogens is 365 g/mol. The van der Waals surface area contributed by atoms with E-state index in [9.17, 15) is 4.79 Å². The SMILES string of the molecule is Cc1cc(-c2cc(N(Cc3nccn3C)C(=O)C(Cl)Cl)ccn2)on1. The van der Waals surface area contributed by atoms with Crippen LogP contribution in [-0.2, 0) is 18.4 Å². The zero-order valence-corrected chi connectivity index (χ0v) is 15.1. The Kier molecular flexibility index (Phi) is 5.06. The van der Waals surface area contributed by atoms with E-state index in [2.05, 4.69) is 15.1 Å². The summed E-state index contributed by atoms with van der Waals surface area (Å²) in [6.07, 6.45) is 5.04. The smallest absolute Gasteiger partial charge is 0.260 e. The number of amides is 1. The van der Waals surface area contributed by atoms with Gasteiger partial charge in [0, 0.05) is 37.4 Å². The average Bonchev–Trinajstić information content (AvgIpc) is 3.20. The van der Waals surface area contributed by atoms with Crippen LogP contribution in [0.4, 0.5) is 5.69 Å². The van der Waals surface area contributed by atoms with Crippen LogP contribution < -0.4 is 4.90 Å². The van der Waals surface area contributed by atoms with Crippen molar-refractivity contribution in [1.29, 1.82) is 0 Å². The number of aryl methyl sites for hydroxylation is 2. The Morgan fingerprint density at radius 2 is 2.12 bits per heavy atom. The monoisotopic (exact) mass is 379 g/mol. The van der Waals surface area contributed by atoms with Crippen molar-refractivity contribution in [3.05, 3.63) is 48.3 Å². The van der Waals surface area contributed by atoms with Gasteiger partial charge in [0.1, 0.15) is 11.5 Å². The molecule has 0 spiro atoms. The predicted molar refractivity (Wildman–Crippen MR) is 94.4 cm³/mol. The topological polar surface area (TPSA) is 77.0 Å². The number of aromatic nitrogens is 4. The first-order valence-electron chi connectivity index (χ1n) is 7.41. The Balaban J connectivity index is 1.98. The lowest BCUT2D eigenvalue weighted by molar-refractivity contribution is -0.117. The molecular formula is C16H15Cl2N5O2. The van der Waals surface area contributed by atoms with E-state index in [1.165, 1.54) is 4.90 Å². The lowest BCUT2D eigenvalue weighted by Crippen LogP contribution is -2.35. The highest BCUT2D eigenvalue weighted by Crippen LogP contribution is 2.25. The fraction of sp³-hybridized carbons (Fsp3) is 0.250. The van der Waals surface area contributed by atoms with Crippen molar-refractivity contribution in [2.24, 2.45) is 7.05 Å². The molecule has 0 aliphatic heterocycles. The van der Waals surface area contributed by atoms with Crippen LogP contribution >= 0.6 is 23.2 Å². The van der Waals surface area contributed by atoms with Gasteiger partial charge in [-0.25, -0.2) is 4.98 Å². The lowest BCUT2D eigenvalue weighted by atomic mass is 10.2. The third-order valence-corrected chi connectivity index (χ3v) is 3.98. The number of carbonyl (C=O) groups is 1. The van der Waals surface area contributed by atoms with Gasteiger partial charge in [-0.2, -0.15) is 0 Å². The van der Waals surface area contributed by atoms with Crippen LogP contribution in [0.2, 0.25) is 0 Å². The summed E-state index contributed by atoms with van der Waals surface area (Å²) in [6.45, 7) is 2.04. The molecule has 0 aromatic carbocycles. The molecule has 0 saturated heterocycles. The number of hydrogen-bond acceptors (Lipinski definition) is 5. The first kappa shape index (κ1) is 17.4. The largest absolute Gasteiger partial charge is 0.354 e. The van der Waals surface area contributed by atoms with Gasteiger partial charge in [-0.15, -0.1) is 0 Å². The van der Waals surface area contributed by atoms with Crippen molar-refractivity contribution < 1.29 is 9.32 Å². The summed E-state index contributed by atoms with van der Waals surface area (Å²) in [6, 6.07) is 5.18. The number of imidazole rings is 1. The first-order chi connectivity index (χ1) is 12.0. The van der Waals surface area contributed by atoms with Crippen LogP contribution in [0.3, 0.4) is 0 Å². The molecule has 3 rings (SSSR count). The Morgan fingerprint density at radius 1 is 1.32 bits per heavy atom. The van der Waals surface area contributed by atoms with E-state index in [-0.39, 0.29) is 6.54 Å². The van der Waals surface area contributed by atoms with Gasteiger partial charge in [-0.3, -0.25) is 9.78 Å². The van der Waals surface area contributed by atoms with E-state index in [0.717, 1.165) is 5.69 Å². The molecule has 9 heteroatoms. The van der Waals surface area contributed by atoms with Crippen LogP contribution in [0.1, 0.15) is 11.5 Å². The minimum atomic E-state index is -1.19. The highest BCUT2D eigenvalue weighted by atomic mass is 35.5. The van der Waals surface area contributed by atoms with Crippen molar-refractivity contribution >= 4 is 34.8 Å². The molecule has 130 valence electrons. The maximum absolute atomic E-state index is 12.5. The molecule has 0 bridgehead atoms.